The number of thiophene rings is 1. The number of hydrogen-bond donors (Lipinski definition) is 1. The maximum atomic E-state index is 12.7. The molecule has 0 spiro atoms. The monoisotopic (exact) mass is 410 g/mol. The first-order valence-corrected chi connectivity index (χ1v) is 11.6. The van der Waals surface area contributed by atoms with Crippen LogP contribution in [0.5, 0.6) is 0 Å². The third-order valence-corrected chi connectivity index (χ3v) is 7.98. The summed E-state index contributed by atoms with van der Waals surface area (Å²) in [5, 5.41) is 2.29. The van der Waals surface area contributed by atoms with Crippen LogP contribution in [-0.2, 0) is 21.2 Å². The van der Waals surface area contributed by atoms with Gasteiger partial charge in [0.1, 0.15) is 0 Å². The Labute approximate surface area is 162 Å². The lowest BCUT2D eigenvalue weighted by Gasteiger charge is -2.32. The number of rotatable bonds is 5. The molecule has 1 aliphatic rings. The molecule has 0 radical (unpaired) electrons. The van der Waals surface area contributed by atoms with Gasteiger partial charge in [-0.1, -0.05) is 6.92 Å². The van der Waals surface area contributed by atoms with Crippen LogP contribution in [0.2, 0.25) is 0 Å². The van der Waals surface area contributed by atoms with Crippen LogP contribution in [0.1, 0.15) is 24.3 Å². The Bertz CT molecular complexity index is 922. The largest absolute Gasteiger partial charge is 0.310 e. The molecule has 5 nitrogen and oxygen atoms in total. The van der Waals surface area contributed by atoms with E-state index in [9.17, 15) is 13.2 Å². The highest BCUT2D eigenvalue weighted by atomic mass is 32.2. The van der Waals surface area contributed by atoms with E-state index >= 15 is 0 Å². The molecule has 1 N–H and O–H groups in total. The molecule has 1 aromatic carbocycles. The van der Waals surface area contributed by atoms with E-state index in [1.54, 1.807) is 46.2 Å². The summed E-state index contributed by atoms with van der Waals surface area (Å²) in [6, 6.07) is 7.05. The van der Waals surface area contributed by atoms with Gasteiger partial charge in [-0.15, -0.1) is 23.1 Å². The number of aryl methyl sites for hydroxylation is 1. The van der Waals surface area contributed by atoms with Gasteiger partial charge in [0.15, 0.2) is 0 Å². The highest BCUT2D eigenvalue weighted by Gasteiger charge is 2.27. The van der Waals surface area contributed by atoms with E-state index < -0.39 is 10.0 Å². The number of carbonyl (C=O) groups excluding carboxylic acids is 1. The third kappa shape index (κ3) is 4.14. The highest BCUT2D eigenvalue weighted by Crippen LogP contribution is 2.39. The number of sulfonamides is 1. The molecule has 1 atom stereocenters. The van der Waals surface area contributed by atoms with Crippen LogP contribution in [0.15, 0.2) is 39.4 Å². The molecule has 0 bridgehead atoms. The quantitative estimate of drug-likeness (QED) is 0.820. The molecule has 1 aromatic heterocycles. The Morgan fingerprint density at radius 2 is 2.12 bits per heavy atom. The van der Waals surface area contributed by atoms with E-state index in [0.29, 0.717) is 25.2 Å². The van der Waals surface area contributed by atoms with E-state index in [1.165, 1.54) is 17.4 Å². The van der Waals surface area contributed by atoms with Gasteiger partial charge in [0.05, 0.1) is 10.6 Å². The lowest BCUT2D eigenvalue weighted by molar-refractivity contribution is -0.116. The summed E-state index contributed by atoms with van der Waals surface area (Å²) in [6.07, 6.45) is 0.667. The Hall–Kier alpha value is -1.35. The topological polar surface area (TPSA) is 66.5 Å². The number of anilines is 1. The van der Waals surface area contributed by atoms with Crippen molar-refractivity contribution < 1.29 is 13.2 Å². The summed E-state index contributed by atoms with van der Waals surface area (Å²) in [4.78, 5) is 15.9. The number of hydrogen-bond acceptors (Lipinski definition) is 5. The summed E-state index contributed by atoms with van der Waals surface area (Å²) in [5.74, 6) is -0.0749. The fraction of sp³-hybridized carbons (Fsp3) is 0.389. The molecule has 0 unspecified atom stereocenters. The van der Waals surface area contributed by atoms with E-state index in [2.05, 4.69) is 11.6 Å². The molecule has 0 aliphatic carbocycles. The second kappa shape index (κ2) is 7.72. The molecule has 2 heterocycles. The third-order valence-electron chi connectivity index (χ3n) is 4.29. The first-order valence-electron chi connectivity index (χ1n) is 8.39. The minimum Gasteiger partial charge on any atom is -0.310 e. The first kappa shape index (κ1) is 19.4. The standard InChI is InChI=1S/C18H22N2O3S3/c1-12-7-9-24-17(12)6-8-19-26(22,23)15-4-5-18-16(10-15)20(14(3)21)11-13(2)25-18/h4-5,7,9-10,13,19H,6,8,11H2,1-3H3/t13-/m0/s1. The minimum atomic E-state index is -3.62. The fourth-order valence-corrected chi connectivity index (χ4v) is 5.98. The molecule has 2 aromatic rings. The Morgan fingerprint density at radius 1 is 1.35 bits per heavy atom. The maximum absolute atomic E-state index is 12.7. The van der Waals surface area contributed by atoms with Crippen molar-refractivity contribution in [3.05, 3.63) is 40.1 Å². The molecule has 140 valence electrons. The Kier molecular flexibility index (Phi) is 5.76. The predicted molar refractivity (Wildman–Crippen MR) is 108 cm³/mol. The number of amides is 1. The number of nitrogens with one attached hydrogen (secondary N) is 1. The van der Waals surface area contributed by atoms with Crippen LogP contribution in [-0.4, -0.2) is 32.7 Å². The molecule has 1 aliphatic heterocycles. The second-order valence-electron chi connectivity index (χ2n) is 6.36. The van der Waals surface area contributed by atoms with E-state index in [0.717, 1.165) is 4.90 Å². The van der Waals surface area contributed by atoms with Gasteiger partial charge in [-0.05, 0) is 48.6 Å². The molecule has 8 heteroatoms. The van der Waals surface area contributed by atoms with Crippen molar-refractivity contribution in [2.45, 2.75) is 42.2 Å². The zero-order chi connectivity index (χ0) is 18.9. The summed E-state index contributed by atoms with van der Waals surface area (Å²) in [7, 11) is -3.62. The SMILES string of the molecule is CC(=O)N1C[C@H](C)Sc2ccc(S(=O)(=O)NCCc3sccc3C)cc21. The molecule has 0 saturated heterocycles. The van der Waals surface area contributed by atoms with Crippen molar-refractivity contribution in [2.24, 2.45) is 0 Å². The number of thioether (sulfide) groups is 1. The molecular formula is C18H22N2O3S3. The molecule has 0 fully saturated rings. The van der Waals surface area contributed by atoms with Crippen molar-refractivity contribution >= 4 is 44.7 Å². The highest BCUT2D eigenvalue weighted by molar-refractivity contribution is 8.00. The van der Waals surface area contributed by atoms with Crippen molar-refractivity contribution in [3.8, 4) is 0 Å². The fourth-order valence-electron chi connectivity index (χ4n) is 2.93. The minimum absolute atomic E-state index is 0.0749. The van der Waals surface area contributed by atoms with Gasteiger partial charge in [-0.3, -0.25) is 4.79 Å². The summed E-state index contributed by atoms with van der Waals surface area (Å²) in [5.41, 5.74) is 1.86. The van der Waals surface area contributed by atoms with Gasteiger partial charge in [0.25, 0.3) is 0 Å². The number of fused-ring (bicyclic) bond motifs is 1. The zero-order valence-corrected chi connectivity index (χ0v) is 17.4. The van der Waals surface area contributed by atoms with Crippen LogP contribution in [0.25, 0.3) is 0 Å². The van der Waals surface area contributed by atoms with Gasteiger partial charge < -0.3 is 4.90 Å². The molecular weight excluding hydrogens is 388 g/mol. The molecule has 26 heavy (non-hydrogen) atoms. The van der Waals surface area contributed by atoms with E-state index in [4.69, 9.17) is 0 Å². The van der Waals surface area contributed by atoms with Gasteiger partial charge >= 0.3 is 0 Å². The maximum Gasteiger partial charge on any atom is 0.240 e. The van der Waals surface area contributed by atoms with Gasteiger partial charge in [-0.25, -0.2) is 13.1 Å². The van der Waals surface area contributed by atoms with Gasteiger partial charge in [0, 0.05) is 35.0 Å². The summed E-state index contributed by atoms with van der Waals surface area (Å²) in [6.45, 7) is 6.53. The Morgan fingerprint density at radius 3 is 2.77 bits per heavy atom. The zero-order valence-electron chi connectivity index (χ0n) is 15.0. The van der Waals surface area contributed by atoms with Gasteiger partial charge in [-0.2, -0.15) is 0 Å². The number of nitrogens with zero attached hydrogens (tertiary/aromatic N) is 1. The first-order chi connectivity index (χ1) is 12.3. The average Bonchev–Trinajstić information content (AvgIpc) is 2.98. The van der Waals surface area contributed by atoms with Crippen molar-refractivity contribution in [3.63, 3.8) is 0 Å². The Balaban J connectivity index is 1.79. The van der Waals surface area contributed by atoms with Crippen molar-refractivity contribution in [1.29, 1.82) is 0 Å². The van der Waals surface area contributed by atoms with Crippen molar-refractivity contribution in [1.82, 2.24) is 4.72 Å². The van der Waals surface area contributed by atoms with Crippen molar-refractivity contribution in [2.75, 3.05) is 18.0 Å². The van der Waals surface area contributed by atoms with E-state index in [-0.39, 0.29) is 16.1 Å². The predicted octanol–water partition coefficient (Wildman–Crippen LogP) is 3.42. The van der Waals surface area contributed by atoms with Crippen LogP contribution in [0, 0.1) is 6.92 Å². The van der Waals surface area contributed by atoms with E-state index in [1.807, 2.05) is 18.4 Å². The lowest BCUT2D eigenvalue weighted by atomic mass is 10.2. The normalized spacial score (nSPS) is 17.2. The smallest absolute Gasteiger partial charge is 0.240 e. The van der Waals surface area contributed by atoms with Crippen LogP contribution in [0.4, 0.5) is 5.69 Å². The molecule has 1 amide bonds. The molecule has 0 saturated carbocycles. The lowest BCUT2D eigenvalue weighted by Crippen LogP contribution is -2.37. The summed E-state index contributed by atoms with van der Waals surface area (Å²) >= 11 is 3.30. The van der Waals surface area contributed by atoms with Crippen LogP contribution in [0.3, 0.4) is 0 Å². The number of carbonyl (C=O) groups is 1. The van der Waals surface area contributed by atoms with Crippen LogP contribution < -0.4 is 9.62 Å². The van der Waals surface area contributed by atoms with Gasteiger partial charge in [0.2, 0.25) is 15.9 Å². The van der Waals surface area contributed by atoms with Crippen LogP contribution >= 0.6 is 23.1 Å². The second-order valence-corrected chi connectivity index (χ2v) is 10.6. The molecule has 3 rings (SSSR count). The average molecular weight is 411 g/mol. The number of benzene rings is 1. The summed E-state index contributed by atoms with van der Waals surface area (Å²) < 4.78 is 28.0.